The molecule has 0 bridgehead atoms. The van der Waals surface area contributed by atoms with Crippen molar-refractivity contribution in [2.75, 3.05) is 18.4 Å². The summed E-state index contributed by atoms with van der Waals surface area (Å²) in [7, 11) is 0. The van der Waals surface area contributed by atoms with E-state index in [-0.39, 0.29) is 6.04 Å². The van der Waals surface area contributed by atoms with E-state index in [4.69, 9.17) is 11.6 Å². The molecule has 0 radical (unpaired) electrons. The van der Waals surface area contributed by atoms with Crippen molar-refractivity contribution in [2.24, 2.45) is 21.7 Å². The molecular formula is C23H23FN8S. The van der Waals surface area contributed by atoms with E-state index in [0.717, 1.165) is 37.3 Å². The molecule has 3 aromatic heterocycles. The number of benzene rings is 1. The highest BCUT2D eigenvalue weighted by atomic mass is 32.1. The number of aromatic nitrogens is 3. The Labute approximate surface area is 194 Å². The van der Waals surface area contributed by atoms with Crippen molar-refractivity contribution in [1.29, 1.82) is 0 Å². The molecule has 3 heterocycles. The molecule has 0 aliphatic heterocycles. The maximum absolute atomic E-state index is 14.0. The minimum Gasteiger partial charge on any atom is -0.352 e. The first-order valence-electron chi connectivity index (χ1n) is 10.3. The number of nitrogens with two attached hydrogens (primary N) is 2. The number of hydrogen-bond acceptors (Lipinski definition) is 9. The molecule has 0 saturated carbocycles. The van der Waals surface area contributed by atoms with E-state index in [2.05, 4.69) is 36.4 Å². The lowest BCUT2D eigenvalue weighted by Crippen LogP contribution is -2.08. The first kappa shape index (κ1) is 22.4. The van der Waals surface area contributed by atoms with Gasteiger partial charge in [-0.05, 0) is 35.6 Å². The number of anilines is 1. The van der Waals surface area contributed by atoms with Gasteiger partial charge in [-0.3, -0.25) is 4.99 Å². The van der Waals surface area contributed by atoms with Gasteiger partial charge in [-0.25, -0.2) is 15.0 Å². The minimum atomic E-state index is -0.533. The normalized spacial score (nSPS) is 12.7. The van der Waals surface area contributed by atoms with Gasteiger partial charge in [-0.1, -0.05) is 18.2 Å². The summed E-state index contributed by atoms with van der Waals surface area (Å²) in [4.78, 5) is 17.8. The van der Waals surface area contributed by atoms with Crippen LogP contribution >= 0.6 is 11.3 Å². The Balaban J connectivity index is 1.65. The van der Waals surface area contributed by atoms with E-state index in [1.807, 2.05) is 31.2 Å². The quantitative estimate of drug-likeness (QED) is 0.119. The predicted octanol–water partition coefficient (Wildman–Crippen LogP) is 4.01. The lowest BCUT2D eigenvalue weighted by Gasteiger charge is -2.13. The standard InChI is InChI=1S/C23H23FN8S/c1-14(25)18-13-30-21(24)12-17(18)16-4-2-3-15-11-20(33-22(15)16)19-5-6-28-23(32-19)29-9-7-27-8-10-31-26/h2-6,8,10-14H,7,9,25-26H2,1H3,(H,28,29,32)/t14-/m1/s1. The molecular weight excluding hydrogens is 439 g/mol. The van der Waals surface area contributed by atoms with Gasteiger partial charge >= 0.3 is 0 Å². The van der Waals surface area contributed by atoms with Crippen molar-refractivity contribution in [3.8, 4) is 21.7 Å². The van der Waals surface area contributed by atoms with Crippen molar-refractivity contribution in [1.82, 2.24) is 15.0 Å². The predicted molar refractivity (Wildman–Crippen MR) is 133 cm³/mol. The highest BCUT2D eigenvalue weighted by molar-refractivity contribution is 7.22. The fraction of sp³-hybridized carbons (Fsp3) is 0.174. The second kappa shape index (κ2) is 10.2. The second-order valence-corrected chi connectivity index (χ2v) is 8.32. The molecule has 1 atom stereocenters. The van der Waals surface area contributed by atoms with Crippen LogP contribution in [0.3, 0.4) is 0 Å². The third-order valence-corrected chi connectivity index (χ3v) is 6.12. The van der Waals surface area contributed by atoms with Crippen LogP contribution in [0.2, 0.25) is 0 Å². The molecule has 0 saturated heterocycles. The SMILES string of the molecule is C[C@@H](N)c1cnc(F)cc1-c1cccc2cc(-c3ccnc(NCCN=CC=NN)n3)sc12. The molecule has 4 rings (SSSR count). The Morgan fingerprint density at radius 2 is 2.06 bits per heavy atom. The fourth-order valence-corrected chi connectivity index (χ4v) is 4.57. The average molecular weight is 463 g/mol. The van der Waals surface area contributed by atoms with Gasteiger partial charge in [0.05, 0.1) is 23.3 Å². The lowest BCUT2D eigenvalue weighted by atomic mass is 9.97. The van der Waals surface area contributed by atoms with E-state index in [9.17, 15) is 4.39 Å². The smallest absolute Gasteiger partial charge is 0.223 e. The number of rotatable bonds is 8. The zero-order valence-electron chi connectivity index (χ0n) is 17.9. The molecule has 168 valence electrons. The molecule has 0 aliphatic carbocycles. The Kier molecular flexibility index (Phi) is 6.96. The first-order chi connectivity index (χ1) is 16.1. The lowest BCUT2D eigenvalue weighted by molar-refractivity contribution is 0.581. The zero-order valence-corrected chi connectivity index (χ0v) is 18.8. The van der Waals surface area contributed by atoms with Gasteiger partial charge in [0.2, 0.25) is 11.9 Å². The van der Waals surface area contributed by atoms with E-state index in [0.29, 0.717) is 19.0 Å². The van der Waals surface area contributed by atoms with Gasteiger partial charge in [-0.15, -0.1) is 11.3 Å². The summed E-state index contributed by atoms with van der Waals surface area (Å²) >= 11 is 1.59. The summed E-state index contributed by atoms with van der Waals surface area (Å²) in [6, 6.07) is 11.1. The van der Waals surface area contributed by atoms with E-state index in [1.54, 1.807) is 23.7 Å². The molecule has 0 amide bonds. The van der Waals surface area contributed by atoms with Crippen LogP contribution < -0.4 is 16.9 Å². The van der Waals surface area contributed by atoms with Crippen LogP contribution in [-0.2, 0) is 0 Å². The minimum absolute atomic E-state index is 0.273. The molecule has 5 N–H and O–H groups in total. The summed E-state index contributed by atoms with van der Waals surface area (Å²) in [5.41, 5.74) is 9.40. The van der Waals surface area contributed by atoms with Gasteiger partial charge in [-0.2, -0.15) is 9.49 Å². The summed E-state index contributed by atoms with van der Waals surface area (Å²) in [6.45, 7) is 2.98. The van der Waals surface area contributed by atoms with Crippen LogP contribution in [-0.4, -0.2) is 40.5 Å². The molecule has 8 nitrogen and oxygen atoms in total. The van der Waals surface area contributed by atoms with Crippen LogP contribution in [0.25, 0.3) is 31.8 Å². The van der Waals surface area contributed by atoms with Crippen molar-refractivity contribution in [3.63, 3.8) is 0 Å². The highest BCUT2D eigenvalue weighted by Gasteiger charge is 2.16. The number of nitrogens with zero attached hydrogens (tertiary/aromatic N) is 5. The molecule has 33 heavy (non-hydrogen) atoms. The van der Waals surface area contributed by atoms with Gasteiger partial charge in [0, 0.05) is 47.5 Å². The third kappa shape index (κ3) is 5.18. The third-order valence-electron chi connectivity index (χ3n) is 4.92. The maximum Gasteiger partial charge on any atom is 0.223 e. The zero-order chi connectivity index (χ0) is 23.2. The molecule has 0 unspecified atom stereocenters. The van der Waals surface area contributed by atoms with E-state index < -0.39 is 5.95 Å². The number of thiophene rings is 1. The molecule has 4 aromatic rings. The number of aliphatic imine (C=N–C) groups is 1. The van der Waals surface area contributed by atoms with Crippen LogP contribution in [0, 0.1) is 5.95 Å². The number of nitrogens with one attached hydrogen (secondary N) is 1. The number of halogens is 1. The van der Waals surface area contributed by atoms with E-state index >= 15 is 0 Å². The largest absolute Gasteiger partial charge is 0.352 e. The summed E-state index contributed by atoms with van der Waals surface area (Å²) in [5.74, 6) is 5.01. The van der Waals surface area contributed by atoms with Gasteiger partial charge in [0.15, 0.2) is 0 Å². The first-order valence-corrected chi connectivity index (χ1v) is 11.1. The van der Waals surface area contributed by atoms with E-state index in [1.165, 1.54) is 18.5 Å². The number of hydrazone groups is 1. The van der Waals surface area contributed by atoms with Crippen LogP contribution in [0.15, 0.2) is 58.9 Å². The molecule has 0 aliphatic rings. The Hall–Kier alpha value is -3.76. The van der Waals surface area contributed by atoms with Gasteiger partial charge in [0.1, 0.15) is 0 Å². The molecule has 10 heteroatoms. The average Bonchev–Trinajstić information content (AvgIpc) is 3.26. The highest BCUT2D eigenvalue weighted by Crippen LogP contribution is 2.40. The number of pyridine rings is 1. The number of hydrogen-bond donors (Lipinski definition) is 3. The van der Waals surface area contributed by atoms with Crippen LogP contribution in [0.1, 0.15) is 18.5 Å². The van der Waals surface area contributed by atoms with Gasteiger partial charge < -0.3 is 16.9 Å². The van der Waals surface area contributed by atoms with Gasteiger partial charge in [0.25, 0.3) is 0 Å². The molecule has 0 fully saturated rings. The maximum atomic E-state index is 14.0. The van der Waals surface area contributed by atoms with Crippen molar-refractivity contribution < 1.29 is 4.39 Å². The Morgan fingerprint density at radius 1 is 1.18 bits per heavy atom. The molecule has 0 spiro atoms. The van der Waals surface area contributed by atoms with Crippen molar-refractivity contribution in [2.45, 2.75) is 13.0 Å². The fourth-order valence-electron chi connectivity index (χ4n) is 3.41. The Bertz CT molecular complexity index is 1320. The Morgan fingerprint density at radius 3 is 2.88 bits per heavy atom. The molecule has 1 aromatic carbocycles. The summed E-state index contributed by atoms with van der Waals surface area (Å²) in [5, 5.41) is 7.56. The monoisotopic (exact) mass is 462 g/mol. The van der Waals surface area contributed by atoms with Crippen molar-refractivity contribution >= 4 is 39.8 Å². The van der Waals surface area contributed by atoms with Crippen LogP contribution in [0.4, 0.5) is 10.3 Å². The van der Waals surface area contributed by atoms with Crippen molar-refractivity contribution in [3.05, 3.63) is 60.3 Å². The topological polar surface area (TPSA) is 127 Å². The number of fused-ring (bicyclic) bond motifs is 1. The second-order valence-electron chi connectivity index (χ2n) is 7.26. The summed E-state index contributed by atoms with van der Waals surface area (Å²) in [6.07, 6.45) is 6.19. The summed E-state index contributed by atoms with van der Waals surface area (Å²) < 4.78 is 15.0. The van der Waals surface area contributed by atoms with Crippen LogP contribution in [0.5, 0.6) is 0 Å².